The van der Waals surface area contributed by atoms with Gasteiger partial charge in [0, 0.05) is 31.2 Å². The van der Waals surface area contributed by atoms with Crippen molar-refractivity contribution in [2.45, 2.75) is 25.9 Å². The molecule has 7 nitrogen and oxygen atoms in total. The minimum Gasteiger partial charge on any atom is -0.399 e. The largest absolute Gasteiger partial charge is 0.399 e. The topological polar surface area (TPSA) is 98.7 Å². The van der Waals surface area contributed by atoms with E-state index in [2.05, 4.69) is 9.97 Å². The second-order valence-corrected chi connectivity index (χ2v) is 5.20. The Kier molecular flexibility index (Phi) is 3.78. The Morgan fingerprint density at radius 2 is 2.00 bits per heavy atom. The SMILES string of the molecule is Nc1ccc2[nH]c(=O)n(CCCCn3ccnc3)c(=O)c2c1. The summed E-state index contributed by atoms with van der Waals surface area (Å²) in [5.41, 5.74) is 6.04. The second-order valence-electron chi connectivity index (χ2n) is 5.20. The van der Waals surface area contributed by atoms with E-state index >= 15 is 0 Å². The van der Waals surface area contributed by atoms with Gasteiger partial charge in [-0.1, -0.05) is 0 Å². The van der Waals surface area contributed by atoms with Crippen molar-refractivity contribution >= 4 is 16.6 Å². The van der Waals surface area contributed by atoms with E-state index in [4.69, 9.17) is 5.73 Å². The lowest BCUT2D eigenvalue weighted by Gasteiger charge is -2.07. The molecule has 3 N–H and O–H groups in total. The van der Waals surface area contributed by atoms with Crippen LogP contribution < -0.4 is 17.0 Å². The van der Waals surface area contributed by atoms with Gasteiger partial charge in [-0.2, -0.15) is 0 Å². The van der Waals surface area contributed by atoms with Crippen LogP contribution in [-0.4, -0.2) is 19.1 Å². The van der Waals surface area contributed by atoms with Crippen LogP contribution in [-0.2, 0) is 13.1 Å². The van der Waals surface area contributed by atoms with E-state index in [0.717, 1.165) is 19.4 Å². The van der Waals surface area contributed by atoms with Crippen LogP contribution in [0.5, 0.6) is 0 Å². The summed E-state index contributed by atoms with van der Waals surface area (Å²) >= 11 is 0. The van der Waals surface area contributed by atoms with Gasteiger partial charge in [0.05, 0.1) is 17.2 Å². The second kappa shape index (κ2) is 5.88. The number of hydrogen-bond donors (Lipinski definition) is 2. The molecule has 114 valence electrons. The number of rotatable bonds is 5. The van der Waals surface area contributed by atoms with Crippen LogP contribution in [0.25, 0.3) is 10.9 Å². The van der Waals surface area contributed by atoms with Gasteiger partial charge >= 0.3 is 5.69 Å². The van der Waals surface area contributed by atoms with Crippen LogP contribution in [0.4, 0.5) is 5.69 Å². The Hall–Kier alpha value is -2.83. The van der Waals surface area contributed by atoms with Gasteiger partial charge in [0.1, 0.15) is 0 Å². The first kappa shape index (κ1) is 14.1. The molecule has 0 saturated heterocycles. The lowest BCUT2D eigenvalue weighted by atomic mass is 10.2. The van der Waals surface area contributed by atoms with Gasteiger partial charge in [-0.25, -0.2) is 9.78 Å². The molecule has 3 rings (SSSR count). The number of nitrogens with two attached hydrogens (primary N) is 1. The summed E-state index contributed by atoms with van der Waals surface area (Å²) in [5, 5.41) is 0.439. The van der Waals surface area contributed by atoms with Crippen molar-refractivity contribution in [1.82, 2.24) is 19.1 Å². The van der Waals surface area contributed by atoms with Gasteiger partial charge in [-0.3, -0.25) is 9.36 Å². The van der Waals surface area contributed by atoms with Crippen molar-refractivity contribution in [3.8, 4) is 0 Å². The molecule has 2 aromatic heterocycles. The summed E-state index contributed by atoms with van der Waals surface area (Å²) < 4.78 is 3.20. The van der Waals surface area contributed by atoms with Gasteiger partial charge in [0.15, 0.2) is 0 Å². The van der Waals surface area contributed by atoms with Crippen molar-refractivity contribution in [3.63, 3.8) is 0 Å². The maximum atomic E-state index is 12.4. The van der Waals surface area contributed by atoms with Crippen LogP contribution >= 0.6 is 0 Å². The Morgan fingerprint density at radius 3 is 2.77 bits per heavy atom. The molecule has 1 aromatic carbocycles. The lowest BCUT2D eigenvalue weighted by molar-refractivity contribution is 0.532. The zero-order valence-electron chi connectivity index (χ0n) is 12.0. The highest BCUT2D eigenvalue weighted by Gasteiger charge is 2.07. The predicted molar refractivity (Wildman–Crippen MR) is 84.7 cm³/mol. The first-order valence-corrected chi connectivity index (χ1v) is 7.13. The fourth-order valence-corrected chi connectivity index (χ4v) is 2.45. The van der Waals surface area contributed by atoms with Crippen molar-refractivity contribution in [3.05, 3.63) is 57.8 Å². The van der Waals surface area contributed by atoms with Gasteiger partial charge in [0.25, 0.3) is 5.56 Å². The highest BCUT2D eigenvalue weighted by Crippen LogP contribution is 2.10. The third-order valence-corrected chi connectivity index (χ3v) is 3.61. The molecule has 7 heteroatoms. The number of aromatic amines is 1. The number of aryl methyl sites for hydroxylation is 1. The van der Waals surface area contributed by atoms with Gasteiger partial charge in [0.2, 0.25) is 0 Å². The smallest absolute Gasteiger partial charge is 0.328 e. The first-order valence-electron chi connectivity index (χ1n) is 7.13. The highest BCUT2D eigenvalue weighted by molar-refractivity contribution is 5.80. The molecule has 0 aliphatic rings. The maximum absolute atomic E-state index is 12.4. The van der Waals surface area contributed by atoms with E-state index in [1.165, 1.54) is 4.57 Å². The fraction of sp³-hybridized carbons (Fsp3) is 0.267. The van der Waals surface area contributed by atoms with E-state index < -0.39 is 0 Å². The van der Waals surface area contributed by atoms with Gasteiger partial charge in [-0.05, 0) is 31.0 Å². The van der Waals surface area contributed by atoms with Crippen molar-refractivity contribution < 1.29 is 0 Å². The number of anilines is 1. The van der Waals surface area contributed by atoms with E-state index in [0.29, 0.717) is 23.1 Å². The number of nitrogens with zero attached hydrogens (tertiary/aromatic N) is 3. The minimum atomic E-state index is -0.384. The Labute approximate surface area is 126 Å². The van der Waals surface area contributed by atoms with E-state index in [1.807, 2.05) is 10.8 Å². The van der Waals surface area contributed by atoms with Crippen LogP contribution in [0.2, 0.25) is 0 Å². The van der Waals surface area contributed by atoms with Crippen molar-refractivity contribution in [2.24, 2.45) is 0 Å². The molecule has 0 bridgehead atoms. The van der Waals surface area contributed by atoms with Crippen molar-refractivity contribution in [1.29, 1.82) is 0 Å². The monoisotopic (exact) mass is 299 g/mol. The molecule has 0 atom stereocenters. The van der Waals surface area contributed by atoms with Gasteiger partial charge < -0.3 is 15.3 Å². The van der Waals surface area contributed by atoms with Crippen LogP contribution in [0.15, 0.2) is 46.5 Å². The Balaban J connectivity index is 1.78. The Morgan fingerprint density at radius 1 is 1.18 bits per heavy atom. The third-order valence-electron chi connectivity index (χ3n) is 3.61. The molecule has 0 unspecified atom stereocenters. The van der Waals surface area contributed by atoms with E-state index in [-0.39, 0.29) is 11.2 Å². The summed E-state index contributed by atoms with van der Waals surface area (Å²) in [7, 11) is 0. The molecule has 0 fully saturated rings. The molecule has 0 aliphatic heterocycles. The zero-order chi connectivity index (χ0) is 15.5. The summed E-state index contributed by atoms with van der Waals surface area (Å²) in [6.45, 7) is 1.20. The predicted octanol–water partition coefficient (Wildman–Crippen LogP) is 0.949. The van der Waals surface area contributed by atoms with Crippen molar-refractivity contribution in [2.75, 3.05) is 5.73 Å². The lowest BCUT2D eigenvalue weighted by Crippen LogP contribution is -2.35. The van der Waals surface area contributed by atoms with Crippen LogP contribution in [0.1, 0.15) is 12.8 Å². The number of fused-ring (bicyclic) bond motifs is 1. The molecule has 0 aliphatic carbocycles. The normalized spacial score (nSPS) is 11.1. The number of nitrogen functional groups attached to an aromatic ring is 1. The standard InChI is InChI=1S/C15H17N5O2/c16-11-3-4-13-12(9-11)14(21)20(15(22)18-13)7-2-1-6-19-8-5-17-10-19/h3-5,8-10H,1-2,6-7,16H2,(H,18,22). The molecule has 0 amide bonds. The first-order chi connectivity index (χ1) is 10.6. The summed E-state index contributed by atoms with van der Waals surface area (Å²) in [6, 6.07) is 4.90. The van der Waals surface area contributed by atoms with E-state index in [9.17, 15) is 9.59 Å². The number of hydrogen-bond acceptors (Lipinski definition) is 4. The molecule has 22 heavy (non-hydrogen) atoms. The molecular weight excluding hydrogens is 282 g/mol. The molecule has 0 spiro atoms. The average molecular weight is 299 g/mol. The maximum Gasteiger partial charge on any atom is 0.328 e. The summed E-state index contributed by atoms with van der Waals surface area (Å²) in [6.07, 6.45) is 6.95. The van der Waals surface area contributed by atoms with E-state index in [1.54, 1.807) is 30.7 Å². The zero-order valence-corrected chi connectivity index (χ0v) is 12.0. The summed E-state index contributed by atoms with van der Waals surface area (Å²) in [4.78, 5) is 31.1. The molecule has 2 heterocycles. The third kappa shape index (κ3) is 2.78. The number of H-pyrrole nitrogens is 1. The quantitative estimate of drug-likeness (QED) is 0.541. The summed E-state index contributed by atoms with van der Waals surface area (Å²) in [5.74, 6) is 0. The van der Waals surface area contributed by atoms with Crippen LogP contribution in [0.3, 0.4) is 0 Å². The average Bonchev–Trinajstić information content (AvgIpc) is 3.00. The number of aromatic nitrogens is 4. The fourth-order valence-electron chi connectivity index (χ4n) is 2.45. The molecule has 0 radical (unpaired) electrons. The number of unbranched alkanes of at least 4 members (excludes halogenated alkanes) is 1. The van der Waals surface area contributed by atoms with Crippen LogP contribution in [0, 0.1) is 0 Å². The number of nitrogens with one attached hydrogen (secondary N) is 1. The van der Waals surface area contributed by atoms with Gasteiger partial charge in [-0.15, -0.1) is 0 Å². The molecule has 0 saturated carbocycles. The minimum absolute atomic E-state index is 0.298. The molecule has 3 aromatic rings. The highest BCUT2D eigenvalue weighted by atomic mass is 16.2. The Bertz CT molecular complexity index is 892. The number of imidazole rings is 1. The number of benzene rings is 1. The molecular formula is C15H17N5O2.